The van der Waals surface area contributed by atoms with Crippen LogP contribution in [-0.4, -0.2) is 34.1 Å². The number of hydrogen-bond donors (Lipinski definition) is 2. The van der Waals surface area contributed by atoms with Crippen LogP contribution >= 0.6 is 0 Å². The van der Waals surface area contributed by atoms with Crippen molar-refractivity contribution in [3.63, 3.8) is 0 Å². The Morgan fingerprint density at radius 3 is 2.59 bits per heavy atom. The molecular weight excluding hydrogens is 276 g/mol. The molecule has 3 heteroatoms. The molecule has 2 N–H and O–H groups in total. The molecule has 0 aromatic heterocycles. The summed E-state index contributed by atoms with van der Waals surface area (Å²) in [5.74, 6) is 2.16. The molecule has 1 aliphatic heterocycles. The van der Waals surface area contributed by atoms with E-state index in [0.29, 0.717) is 12.0 Å². The van der Waals surface area contributed by atoms with E-state index in [1.165, 1.54) is 25.7 Å². The van der Waals surface area contributed by atoms with Gasteiger partial charge < -0.3 is 14.9 Å². The van der Waals surface area contributed by atoms with E-state index in [1.807, 2.05) is 0 Å². The summed E-state index contributed by atoms with van der Waals surface area (Å²) in [6.07, 6.45) is 8.88. The van der Waals surface area contributed by atoms with Crippen LogP contribution in [0.2, 0.25) is 0 Å². The highest BCUT2D eigenvalue weighted by Gasteiger charge is 2.75. The number of aliphatic hydroxyl groups excluding tert-OH is 2. The summed E-state index contributed by atoms with van der Waals surface area (Å²) in [5.41, 5.74) is 0.409. The molecule has 0 bridgehead atoms. The molecule has 1 heterocycles. The Hall–Kier alpha value is -0.120. The number of rotatable bonds is 0. The van der Waals surface area contributed by atoms with Crippen molar-refractivity contribution >= 4 is 0 Å². The average Bonchev–Trinajstić information content (AvgIpc) is 3.08. The quantitative estimate of drug-likeness (QED) is 0.677. The van der Waals surface area contributed by atoms with E-state index < -0.39 is 0 Å². The molecule has 9 atom stereocenters. The zero-order valence-corrected chi connectivity index (χ0v) is 13.9. The van der Waals surface area contributed by atoms with Gasteiger partial charge in [-0.15, -0.1) is 0 Å². The van der Waals surface area contributed by atoms with Gasteiger partial charge in [-0.3, -0.25) is 0 Å². The molecule has 0 aromatic rings. The normalized spacial score (nSPS) is 66.0. The monoisotopic (exact) mass is 306 g/mol. The third kappa shape index (κ3) is 1.45. The molecule has 0 unspecified atom stereocenters. The van der Waals surface area contributed by atoms with Crippen LogP contribution < -0.4 is 0 Å². The lowest BCUT2D eigenvalue weighted by Gasteiger charge is -2.58. The number of aliphatic hydroxyl groups is 2. The van der Waals surface area contributed by atoms with E-state index in [4.69, 9.17) is 4.74 Å². The molecule has 1 spiro atoms. The SMILES string of the molecule is C[C@]12CC[C@H]3[C@@H](C[C@@H]4O[C@@]45C[C@@H](O)CC[C@]35C)[C@@H]1CC[C@@H]2O. The second-order valence-corrected chi connectivity index (χ2v) is 9.56. The van der Waals surface area contributed by atoms with Gasteiger partial charge in [-0.25, -0.2) is 0 Å². The van der Waals surface area contributed by atoms with E-state index >= 15 is 0 Å². The Bertz CT molecular complexity index is 507. The van der Waals surface area contributed by atoms with Crippen LogP contribution in [0.1, 0.15) is 65.2 Å². The summed E-state index contributed by atoms with van der Waals surface area (Å²) in [6, 6.07) is 0. The van der Waals surface area contributed by atoms with E-state index in [-0.39, 0.29) is 28.6 Å². The van der Waals surface area contributed by atoms with Gasteiger partial charge >= 0.3 is 0 Å². The van der Waals surface area contributed by atoms with E-state index in [9.17, 15) is 10.2 Å². The molecular formula is C19H30O3. The summed E-state index contributed by atoms with van der Waals surface area (Å²) in [4.78, 5) is 0. The number of ether oxygens (including phenoxy) is 1. The highest BCUT2D eigenvalue weighted by Crippen LogP contribution is 2.73. The lowest BCUT2D eigenvalue weighted by atomic mass is 9.45. The van der Waals surface area contributed by atoms with Gasteiger partial charge in [-0.1, -0.05) is 13.8 Å². The van der Waals surface area contributed by atoms with Crippen molar-refractivity contribution < 1.29 is 14.9 Å². The lowest BCUT2D eigenvalue weighted by Crippen LogP contribution is -2.58. The summed E-state index contributed by atoms with van der Waals surface area (Å²) < 4.78 is 6.32. The number of hydrogen-bond acceptors (Lipinski definition) is 3. The highest BCUT2D eigenvalue weighted by molar-refractivity contribution is 5.24. The predicted octanol–water partition coefficient (Wildman–Crippen LogP) is 2.88. The minimum atomic E-state index is -0.156. The standard InChI is InChI=1S/C19H30O3/c1-17-7-6-14-12(13(17)3-4-15(17)21)9-16-19(22-16)10-11(20)5-8-18(14,19)2/h11-16,20-21H,3-10H2,1-2H3/t11-,12-,13-,14-,15-,16-,17-,18+,19-/m0/s1. The van der Waals surface area contributed by atoms with Crippen molar-refractivity contribution in [2.45, 2.75) is 89.1 Å². The first-order valence-corrected chi connectivity index (χ1v) is 9.45. The molecule has 0 amide bonds. The summed E-state index contributed by atoms with van der Waals surface area (Å²) >= 11 is 0. The van der Waals surface area contributed by atoms with Crippen LogP contribution in [0.5, 0.6) is 0 Å². The Balaban J connectivity index is 1.51. The topological polar surface area (TPSA) is 53.0 Å². The molecule has 5 rings (SSSR count). The van der Waals surface area contributed by atoms with Gasteiger partial charge in [0.15, 0.2) is 0 Å². The zero-order chi connectivity index (χ0) is 15.3. The van der Waals surface area contributed by atoms with Gasteiger partial charge in [0.1, 0.15) is 5.60 Å². The van der Waals surface area contributed by atoms with Gasteiger partial charge in [-0.2, -0.15) is 0 Å². The third-order valence-electron chi connectivity index (χ3n) is 9.01. The van der Waals surface area contributed by atoms with E-state index in [0.717, 1.165) is 37.5 Å². The smallest absolute Gasteiger partial charge is 0.103 e. The van der Waals surface area contributed by atoms with Crippen LogP contribution in [0.15, 0.2) is 0 Å². The van der Waals surface area contributed by atoms with Gasteiger partial charge in [0.25, 0.3) is 0 Å². The maximum atomic E-state index is 10.5. The van der Waals surface area contributed by atoms with E-state index in [2.05, 4.69) is 13.8 Å². The molecule has 5 fully saturated rings. The van der Waals surface area contributed by atoms with Gasteiger partial charge in [0.05, 0.1) is 18.3 Å². The molecule has 4 aliphatic carbocycles. The second-order valence-electron chi connectivity index (χ2n) is 9.56. The molecule has 5 aliphatic rings. The van der Waals surface area contributed by atoms with Gasteiger partial charge in [-0.05, 0) is 68.1 Å². The Morgan fingerprint density at radius 1 is 0.955 bits per heavy atom. The zero-order valence-electron chi connectivity index (χ0n) is 13.9. The van der Waals surface area contributed by atoms with Crippen LogP contribution in [0.3, 0.4) is 0 Å². The first kappa shape index (κ1) is 14.2. The summed E-state index contributed by atoms with van der Waals surface area (Å²) in [7, 11) is 0. The fourth-order valence-electron chi connectivity index (χ4n) is 7.63. The van der Waals surface area contributed by atoms with E-state index in [1.54, 1.807) is 0 Å². The molecule has 124 valence electrons. The van der Waals surface area contributed by atoms with Crippen LogP contribution in [0.25, 0.3) is 0 Å². The fraction of sp³-hybridized carbons (Fsp3) is 1.00. The number of epoxide rings is 1. The second kappa shape index (κ2) is 4.10. The lowest BCUT2D eigenvalue weighted by molar-refractivity contribution is -0.121. The van der Waals surface area contributed by atoms with Crippen LogP contribution in [-0.2, 0) is 4.74 Å². The van der Waals surface area contributed by atoms with Crippen LogP contribution in [0, 0.1) is 28.6 Å². The molecule has 3 nitrogen and oxygen atoms in total. The predicted molar refractivity (Wildman–Crippen MR) is 83.2 cm³/mol. The number of fused-ring (bicyclic) bond motifs is 4. The van der Waals surface area contributed by atoms with Crippen molar-refractivity contribution in [1.82, 2.24) is 0 Å². The molecule has 0 aromatic carbocycles. The average molecular weight is 306 g/mol. The highest BCUT2D eigenvalue weighted by atomic mass is 16.6. The first-order chi connectivity index (χ1) is 10.4. The van der Waals surface area contributed by atoms with Crippen molar-refractivity contribution in [3.8, 4) is 0 Å². The Morgan fingerprint density at radius 2 is 1.77 bits per heavy atom. The maximum Gasteiger partial charge on any atom is 0.103 e. The van der Waals surface area contributed by atoms with Crippen molar-refractivity contribution in [2.24, 2.45) is 28.6 Å². The fourth-order valence-corrected chi connectivity index (χ4v) is 7.63. The van der Waals surface area contributed by atoms with Crippen molar-refractivity contribution in [1.29, 1.82) is 0 Å². The molecule has 0 radical (unpaired) electrons. The summed E-state index contributed by atoms with van der Waals surface area (Å²) in [6.45, 7) is 4.80. The third-order valence-corrected chi connectivity index (χ3v) is 9.01. The van der Waals surface area contributed by atoms with Gasteiger partial charge in [0, 0.05) is 11.8 Å². The first-order valence-electron chi connectivity index (χ1n) is 9.45. The van der Waals surface area contributed by atoms with Crippen molar-refractivity contribution in [3.05, 3.63) is 0 Å². The van der Waals surface area contributed by atoms with Gasteiger partial charge in [0.2, 0.25) is 0 Å². The molecule has 4 saturated carbocycles. The minimum Gasteiger partial charge on any atom is -0.393 e. The summed E-state index contributed by atoms with van der Waals surface area (Å²) in [5, 5.41) is 20.7. The molecule has 22 heavy (non-hydrogen) atoms. The minimum absolute atomic E-state index is 0.00318. The molecule has 1 saturated heterocycles. The van der Waals surface area contributed by atoms with Crippen LogP contribution in [0.4, 0.5) is 0 Å². The maximum absolute atomic E-state index is 10.5. The Kier molecular flexibility index (Phi) is 2.65. The largest absolute Gasteiger partial charge is 0.393 e. The Labute approximate surface area is 133 Å². The van der Waals surface area contributed by atoms with Crippen molar-refractivity contribution in [2.75, 3.05) is 0 Å².